The molecule has 1 aromatic heterocycles. The number of esters is 1. The molecule has 2 heterocycles. The number of fused-ring (bicyclic) bond motifs is 1. The van der Waals surface area contributed by atoms with E-state index in [1.165, 1.54) is 0 Å². The summed E-state index contributed by atoms with van der Waals surface area (Å²) in [6, 6.07) is 4.14. The second kappa shape index (κ2) is 7.14. The van der Waals surface area contributed by atoms with Gasteiger partial charge in [-0.15, -0.1) is 11.3 Å². The van der Waals surface area contributed by atoms with Gasteiger partial charge in [-0.2, -0.15) is 5.26 Å². The Hall–Kier alpha value is -1.87. The van der Waals surface area contributed by atoms with Gasteiger partial charge in [-0.25, -0.2) is 0 Å². The molecule has 0 bridgehead atoms. The van der Waals surface area contributed by atoms with Gasteiger partial charge in [0.1, 0.15) is 12.6 Å². The molecular formula is C17H20N2O3S. The van der Waals surface area contributed by atoms with E-state index in [1.54, 1.807) is 16.2 Å². The molecule has 3 rings (SSSR count). The quantitative estimate of drug-likeness (QED) is 0.798. The van der Waals surface area contributed by atoms with Gasteiger partial charge in [-0.05, 0) is 43.6 Å². The molecule has 122 valence electrons. The number of amides is 1. The molecule has 1 aliphatic carbocycles. The highest BCUT2D eigenvalue weighted by Gasteiger charge is 2.30. The van der Waals surface area contributed by atoms with Crippen LogP contribution in [0.2, 0.25) is 0 Å². The normalized spacial score (nSPS) is 24.5. The van der Waals surface area contributed by atoms with Crippen LogP contribution in [0.3, 0.4) is 0 Å². The van der Waals surface area contributed by atoms with Crippen LogP contribution < -0.4 is 4.90 Å². The molecule has 23 heavy (non-hydrogen) atoms. The average Bonchev–Trinajstić information content (AvgIpc) is 2.96. The van der Waals surface area contributed by atoms with Crippen LogP contribution in [0.5, 0.6) is 0 Å². The van der Waals surface area contributed by atoms with Crippen molar-refractivity contribution in [2.24, 2.45) is 5.92 Å². The molecule has 0 saturated heterocycles. The summed E-state index contributed by atoms with van der Waals surface area (Å²) in [6.07, 6.45) is 5.33. The summed E-state index contributed by atoms with van der Waals surface area (Å²) >= 11 is 1.62. The van der Waals surface area contributed by atoms with E-state index in [1.807, 2.05) is 11.4 Å². The van der Waals surface area contributed by atoms with Gasteiger partial charge in [0.25, 0.3) is 0 Å². The third-order valence-electron chi connectivity index (χ3n) is 4.55. The molecular weight excluding hydrogens is 312 g/mol. The maximum Gasteiger partial charge on any atom is 0.326 e. The van der Waals surface area contributed by atoms with Crippen molar-refractivity contribution in [2.75, 3.05) is 11.4 Å². The SMILES string of the molecule is N#CC1CCCCC1OC(=O)CN1C(=O)CCCc2sccc21. The first-order valence-electron chi connectivity index (χ1n) is 8.15. The van der Waals surface area contributed by atoms with E-state index in [9.17, 15) is 14.9 Å². The standard InChI is InChI=1S/C17H20N2O3S/c18-10-12-4-1-2-5-14(12)22-17(21)11-19-13-8-9-23-15(13)6-3-7-16(19)20/h8-9,12,14H,1-7,11H2. The van der Waals surface area contributed by atoms with Crippen molar-refractivity contribution in [1.82, 2.24) is 0 Å². The minimum absolute atomic E-state index is 0.0282. The zero-order valence-electron chi connectivity index (χ0n) is 13.0. The molecule has 5 nitrogen and oxygen atoms in total. The highest BCUT2D eigenvalue weighted by atomic mass is 32.1. The Kier molecular flexibility index (Phi) is 4.97. The number of nitrogens with zero attached hydrogens (tertiary/aromatic N) is 2. The van der Waals surface area contributed by atoms with E-state index < -0.39 is 5.97 Å². The Labute approximate surface area is 139 Å². The number of hydrogen-bond acceptors (Lipinski definition) is 5. The molecule has 0 N–H and O–H groups in total. The number of hydrogen-bond donors (Lipinski definition) is 0. The van der Waals surface area contributed by atoms with Crippen molar-refractivity contribution in [3.63, 3.8) is 0 Å². The maximum atomic E-state index is 12.3. The van der Waals surface area contributed by atoms with Crippen LogP contribution in [0.4, 0.5) is 5.69 Å². The van der Waals surface area contributed by atoms with E-state index >= 15 is 0 Å². The molecule has 6 heteroatoms. The molecule has 1 saturated carbocycles. The minimum atomic E-state index is -0.412. The maximum absolute atomic E-state index is 12.3. The summed E-state index contributed by atoms with van der Waals surface area (Å²) in [5.74, 6) is -0.659. The highest BCUT2D eigenvalue weighted by molar-refractivity contribution is 7.10. The van der Waals surface area contributed by atoms with E-state index in [-0.39, 0.29) is 24.5 Å². The Morgan fingerprint density at radius 1 is 1.35 bits per heavy atom. The Morgan fingerprint density at radius 3 is 3.00 bits per heavy atom. The summed E-state index contributed by atoms with van der Waals surface area (Å²) < 4.78 is 5.53. The monoisotopic (exact) mass is 332 g/mol. The lowest BCUT2D eigenvalue weighted by Gasteiger charge is -2.28. The fourth-order valence-corrected chi connectivity index (χ4v) is 4.25. The van der Waals surface area contributed by atoms with Gasteiger partial charge < -0.3 is 9.64 Å². The topological polar surface area (TPSA) is 70.4 Å². The molecule has 2 unspecified atom stereocenters. The predicted molar refractivity (Wildman–Crippen MR) is 87.1 cm³/mol. The number of nitriles is 1. The first-order chi connectivity index (χ1) is 11.2. The summed E-state index contributed by atoms with van der Waals surface area (Å²) in [7, 11) is 0. The lowest BCUT2D eigenvalue weighted by molar-refractivity contribution is -0.151. The third kappa shape index (κ3) is 3.56. The summed E-state index contributed by atoms with van der Waals surface area (Å²) in [5.41, 5.74) is 0.843. The smallest absolute Gasteiger partial charge is 0.326 e. The number of ether oxygens (including phenoxy) is 1. The number of rotatable bonds is 3. The van der Waals surface area contributed by atoms with Crippen LogP contribution in [0.1, 0.15) is 43.4 Å². The van der Waals surface area contributed by atoms with Crippen molar-refractivity contribution in [1.29, 1.82) is 5.26 Å². The molecule has 1 fully saturated rings. The van der Waals surface area contributed by atoms with Crippen molar-refractivity contribution in [2.45, 2.75) is 51.0 Å². The number of carbonyl (C=O) groups is 2. The Bertz CT molecular complexity index is 634. The van der Waals surface area contributed by atoms with E-state index in [0.717, 1.165) is 49.1 Å². The van der Waals surface area contributed by atoms with Gasteiger partial charge in [0.2, 0.25) is 5.91 Å². The van der Waals surface area contributed by atoms with Crippen LogP contribution in [0, 0.1) is 17.2 Å². The molecule has 1 amide bonds. The number of aryl methyl sites for hydroxylation is 1. The third-order valence-corrected chi connectivity index (χ3v) is 5.52. The molecule has 0 aromatic carbocycles. The van der Waals surface area contributed by atoms with E-state index in [0.29, 0.717) is 6.42 Å². The summed E-state index contributed by atoms with van der Waals surface area (Å²) in [5, 5.41) is 11.1. The van der Waals surface area contributed by atoms with Crippen molar-refractivity contribution in [3.05, 3.63) is 16.3 Å². The number of thiophene rings is 1. The van der Waals surface area contributed by atoms with Gasteiger partial charge in [-0.3, -0.25) is 9.59 Å². The first-order valence-corrected chi connectivity index (χ1v) is 9.03. The number of carbonyl (C=O) groups excluding carboxylic acids is 2. The van der Waals surface area contributed by atoms with Crippen LogP contribution in [-0.2, 0) is 20.7 Å². The van der Waals surface area contributed by atoms with E-state index in [4.69, 9.17) is 4.74 Å². The summed E-state index contributed by atoms with van der Waals surface area (Å²) in [6.45, 7) is -0.0583. The summed E-state index contributed by atoms with van der Waals surface area (Å²) in [4.78, 5) is 27.3. The van der Waals surface area contributed by atoms with Gasteiger partial charge in [-0.1, -0.05) is 6.42 Å². The van der Waals surface area contributed by atoms with Gasteiger partial charge in [0.05, 0.1) is 17.7 Å². The lowest BCUT2D eigenvalue weighted by Crippen LogP contribution is -2.38. The Morgan fingerprint density at radius 2 is 2.17 bits per heavy atom. The van der Waals surface area contributed by atoms with Crippen molar-refractivity contribution >= 4 is 28.9 Å². The van der Waals surface area contributed by atoms with Gasteiger partial charge in [0, 0.05) is 11.3 Å². The molecule has 1 aromatic rings. The molecule has 2 aliphatic rings. The second-order valence-corrected chi connectivity index (χ2v) is 7.11. The molecule has 2 atom stereocenters. The zero-order valence-corrected chi connectivity index (χ0v) is 13.8. The van der Waals surface area contributed by atoms with Crippen molar-refractivity contribution in [3.8, 4) is 6.07 Å². The zero-order chi connectivity index (χ0) is 16.2. The van der Waals surface area contributed by atoms with Crippen molar-refractivity contribution < 1.29 is 14.3 Å². The number of anilines is 1. The van der Waals surface area contributed by atoms with Gasteiger partial charge in [0.15, 0.2) is 0 Å². The highest BCUT2D eigenvalue weighted by Crippen LogP contribution is 2.32. The molecule has 0 radical (unpaired) electrons. The van der Waals surface area contributed by atoms with Crippen LogP contribution in [0.15, 0.2) is 11.4 Å². The fourth-order valence-electron chi connectivity index (χ4n) is 3.33. The van der Waals surface area contributed by atoms with Crippen LogP contribution in [-0.4, -0.2) is 24.5 Å². The van der Waals surface area contributed by atoms with Crippen LogP contribution in [0.25, 0.3) is 0 Å². The Balaban J connectivity index is 1.67. The fraction of sp³-hybridized carbons (Fsp3) is 0.588. The first kappa shape index (κ1) is 16.0. The van der Waals surface area contributed by atoms with Crippen LogP contribution >= 0.6 is 11.3 Å². The van der Waals surface area contributed by atoms with E-state index in [2.05, 4.69) is 6.07 Å². The molecule has 0 spiro atoms. The average molecular weight is 332 g/mol. The minimum Gasteiger partial charge on any atom is -0.460 e. The molecule has 1 aliphatic heterocycles. The largest absolute Gasteiger partial charge is 0.460 e. The lowest BCUT2D eigenvalue weighted by atomic mass is 9.87. The second-order valence-electron chi connectivity index (χ2n) is 6.11. The van der Waals surface area contributed by atoms with Gasteiger partial charge >= 0.3 is 5.97 Å². The predicted octanol–water partition coefficient (Wildman–Crippen LogP) is 3.04.